The first-order valence-electron chi connectivity index (χ1n) is 4.61. The molecule has 1 aliphatic rings. The van der Waals surface area contributed by atoms with E-state index in [0.29, 0.717) is 0 Å². The van der Waals surface area contributed by atoms with Crippen molar-refractivity contribution >= 4 is 0 Å². The summed E-state index contributed by atoms with van der Waals surface area (Å²) in [4.78, 5) is 0. The summed E-state index contributed by atoms with van der Waals surface area (Å²) < 4.78 is 0. The topological polar surface area (TPSA) is 0 Å². The summed E-state index contributed by atoms with van der Waals surface area (Å²) in [5, 5.41) is 0. The maximum atomic E-state index is 3.72. The summed E-state index contributed by atoms with van der Waals surface area (Å²) in [6.45, 7) is 6.05. The van der Waals surface area contributed by atoms with Crippen molar-refractivity contribution in [3.05, 3.63) is 24.3 Å². The van der Waals surface area contributed by atoms with E-state index >= 15 is 0 Å². The fourth-order valence-electron chi connectivity index (χ4n) is 1.16. The molecule has 62 valence electrons. The summed E-state index contributed by atoms with van der Waals surface area (Å²) >= 11 is 0. The Kier molecular flexibility index (Phi) is 3.41. The van der Waals surface area contributed by atoms with Gasteiger partial charge in [-0.3, -0.25) is 0 Å². The van der Waals surface area contributed by atoms with Crippen LogP contribution in [0.3, 0.4) is 0 Å². The molecule has 11 heavy (non-hydrogen) atoms. The predicted octanol–water partition coefficient (Wildman–Crippen LogP) is 3.70. The molecule has 1 fully saturated rings. The fraction of sp³-hybridized carbons (Fsp3) is 0.636. The fourth-order valence-corrected chi connectivity index (χ4v) is 1.16. The van der Waals surface area contributed by atoms with Gasteiger partial charge in [0.25, 0.3) is 0 Å². The van der Waals surface area contributed by atoms with Gasteiger partial charge in [0.15, 0.2) is 0 Å². The van der Waals surface area contributed by atoms with Crippen molar-refractivity contribution in [2.45, 2.75) is 39.0 Å². The zero-order valence-electron chi connectivity index (χ0n) is 7.47. The Morgan fingerprint density at radius 2 is 2.27 bits per heavy atom. The van der Waals surface area contributed by atoms with Crippen LogP contribution < -0.4 is 0 Å². The molecule has 1 unspecified atom stereocenters. The van der Waals surface area contributed by atoms with Crippen molar-refractivity contribution in [1.82, 2.24) is 0 Å². The van der Waals surface area contributed by atoms with E-state index in [9.17, 15) is 0 Å². The summed E-state index contributed by atoms with van der Waals surface area (Å²) in [7, 11) is 0. The second-order valence-electron chi connectivity index (χ2n) is 3.57. The molecule has 0 amide bonds. The van der Waals surface area contributed by atoms with Gasteiger partial charge in [-0.1, -0.05) is 24.6 Å². The predicted molar refractivity (Wildman–Crippen MR) is 50.5 cm³/mol. The van der Waals surface area contributed by atoms with Crippen LogP contribution in [0.15, 0.2) is 24.3 Å². The van der Waals surface area contributed by atoms with Crippen molar-refractivity contribution < 1.29 is 0 Å². The van der Waals surface area contributed by atoms with Crippen LogP contribution in [0, 0.1) is 5.92 Å². The monoisotopic (exact) mass is 150 g/mol. The van der Waals surface area contributed by atoms with Crippen molar-refractivity contribution in [2.24, 2.45) is 5.92 Å². The van der Waals surface area contributed by atoms with Gasteiger partial charge in [-0.15, -0.1) is 6.58 Å². The van der Waals surface area contributed by atoms with Crippen LogP contribution in [-0.4, -0.2) is 0 Å². The lowest BCUT2D eigenvalue weighted by atomic mass is 10.0. The summed E-state index contributed by atoms with van der Waals surface area (Å²) in [6, 6.07) is 0. The lowest BCUT2D eigenvalue weighted by Gasteiger charge is -2.04. The van der Waals surface area contributed by atoms with E-state index in [1.165, 1.54) is 32.1 Å². The minimum absolute atomic E-state index is 0.848. The normalized spacial score (nSPS) is 17.7. The molecule has 0 aliphatic heterocycles. The van der Waals surface area contributed by atoms with E-state index in [0.717, 1.165) is 5.92 Å². The van der Waals surface area contributed by atoms with E-state index in [1.807, 2.05) is 6.08 Å². The van der Waals surface area contributed by atoms with E-state index in [2.05, 4.69) is 19.6 Å². The molecule has 0 aromatic heterocycles. The van der Waals surface area contributed by atoms with Crippen molar-refractivity contribution in [1.29, 1.82) is 0 Å². The Hall–Kier alpha value is -0.520. The van der Waals surface area contributed by atoms with Crippen LogP contribution in [0.2, 0.25) is 0 Å². The highest BCUT2D eigenvalue weighted by atomic mass is 14.2. The molecule has 1 aliphatic carbocycles. The molecular weight excluding hydrogens is 132 g/mol. The van der Waals surface area contributed by atoms with E-state index in [1.54, 1.807) is 5.57 Å². The van der Waals surface area contributed by atoms with Crippen molar-refractivity contribution in [3.63, 3.8) is 0 Å². The van der Waals surface area contributed by atoms with Crippen LogP contribution >= 0.6 is 0 Å². The molecule has 1 atom stereocenters. The zero-order chi connectivity index (χ0) is 8.10. The van der Waals surface area contributed by atoms with Crippen molar-refractivity contribution in [2.75, 3.05) is 0 Å². The van der Waals surface area contributed by atoms with E-state index < -0.39 is 0 Å². The lowest BCUT2D eigenvalue weighted by Crippen LogP contribution is -1.90. The molecule has 0 aromatic carbocycles. The smallest absolute Gasteiger partial charge is 0.0283 e. The minimum atomic E-state index is 0.848. The summed E-state index contributed by atoms with van der Waals surface area (Å²) in [5.41, 5.74) is 1.68. The number of hydrogen-bond donors (Lipinski definition) is 0. The highest BCUT2D eigenvalue weighted by molar-refractivity contribution is 5.16. The van der Waals surface area contributed by atoms with Gasteiger partial charge in [0.2, 0.25) is 0 Å². The molecule has 0 nitrogen and oxygen atoms in total. The quantitative estimate of drug-likeness (QED) is 0.524. The molecule has 0 radical (unpaired) electrons. The van der Waals surface area contributed by atoms with Crippen LogP contribution in [0.4, 0.5) is 0 Å². The Bertz CT molecular complexity index is 147. The molecule has 0 heteroatoms. The van der Waals surface area contributed by atoms with Crippen molar-refractivity contribution in [3.8, 4) is 0 Å². The second kappa shape index (κ2) is 4.38. The van der Waals surface area contributed by atoms with E-state index in [4.69, 9.17) is 0 Å². The van der Waals surface area contributed by atoms with Crippen LogP contribution in [0.25, 0.3) is 0 Å². The van der Waals surface area contributed by atoms with Gasteiger partial charge < -0.3 is 0 Å². The molecule has 0 heterocycles. The largest absolute Gasteiger partial charge is 0.103 e. The molecule has 0 spiro atoms. The van der Waals surface area contributed by atoms with Gasteiger partial charge in [-0.05, 0) is 38.0 Å². The van der Waals surface area contributed by atoms with Crippen LogP contribution in [-0.2, 0) is 0 Å². The molecular formula is C11H18. The molecule has 1 saturated carbocycles. The molecule has 1 rings (SSSR count). The lowest BCUT2D eigenvalue weighted by molar-refractivity contribution is 0.546. The van der Waals surface area contributed by atoms with Crippen LogP contribution in [0.1, 0.15) is 39.0 Å². The zero-order valence-corrected chi connectivity index (χ0v) is 7.47. The highest BCUT2D eigenvalue weighted by Crippen LogP contribution is 2.29. The number of rotatable bonds is 5. The first-order chi connectivity index (χ1) is 5.33. The van der Waals surface area contributed by atoms with Gasteiger partial charge in [-0.25, -0.2) is 0 Å². The molecule has 0 aromatic rings. The maximum Gasteiger partial charge on any atom is -0.0283 e. The summed E-state index contributed by atoms with van der Waals surface area (Å²) in [5.74, 6) is 0.848. The number of allylic oxidation sites excluding steroid dienone is 3. The average molecular weight is 150 g/mol. The maximum absolute atomic E-state index is 3.72. The third-order valence-corrected chi connectivity index (χ3v) is 2.21. The van der Waals surface area contributed by atoms with Crippen LogP contribution in [0.5, 0.6) is 0 Å². The third kappa shape index (κ3) is 4.02. The Balaban J connectivity index is 2.04. The van der Waals surface area contributed by atoms with Gasteiger partial charge in [0, 0.05) is 0 Å². The first-order valence-corrected chi connectivity index (χ1v) is 4.61. The SMILES string of the molecule is C=CCCC(C)CC=C1CC1. The minimum Gasteiger partial charge on any atom is -0.103 e. The Morgan fingerprint density at radius 1 is 1.55 bits per heavy atom. The van der Waals surface area contributed by atoms with Gasteiger partial charge in [0.1, 0.15) is 0 Å². The third-order valence-electron chi connectivity index (χ3n) is 2.21. The van der Waals surface area contributed by atoms with Gasteiger partial charge in [0.05, 0.1) is 0 Å². The van der Waals surface area contributed by atoms with E-state index in [-0.39, 0.29) is 0 Å². The number of hydrogen-bond acceptors (Lipinski definition) is 0. The molecule has 0 saturated heterocycles. The molecule has 0 bridgehead atoms. The average Bonchev–Trinajstić information content (AvgIpc) is 2.80. The first kappa shape index (κ1) is 8.58. The Morgan fingerprint density at radius 3 is 2.82 bits per heavy atom. The Labute approximate surface area is 70.0 Å². The van der Waals surface area contributed by atoms with Gasteiger partial charge in [-0.2, -0.15) is 0 Å². The van der Waals surface area contributed by atoms with Gasteiger partial charge >= 0.3 is 0 Å². The highest BCUT2D eigenvalue weighted by Gasteiger charge is 2.10. The summed E-state index contributed by atoms with van der Waals surface area (Å²) in [6.07, 6.45) is 10.9. The standard InChI is InChI=1S/C11H18/c1-3-4-5-10(2)6-7-11-8-9-11/h3,7,10H,1,4-6,8-9H2,2H3. The molecule has 0 N–H and O–H groups in total. The second-order valence-corrected chi connectivity index (χ2v) is 3.57.